The summed E-state index contributed by atoms with van der Waals surface area (Å²) >= 11 is 6.31. The molecular weight excluding hydrogens is 428 g/mol. The van der Waals surface area contributed by atoms with E-state index in [1.54, 1.807) is 6.92 Å². The molecule has 0 aliphatic carbocycles. The van der Waals surface area contributed by atoms with E-state index in [1.807, 2.05) is 30.3 Å². The van der Waals surface area contributed by atoms with E-state index >= 15 is 0 Å². The molecule has 0 radical (unpaired) electrons. The van der Waals surface area contributed by atoms with Crippen LogP contribution in [-0.4, -0.2) is 65.5 Å². The van der Waals surface area contributed by atoms with Gasteiger partial charge in [-0.3, -0.25) is 0 Å². The summed E-state index contributed by atoms with van der Waals surface area (Å²) in [7, 11) is 1.43. The lowest BCUT2D eigenvalue weighted by Crippen LogP contribution is -2.57. The molecule has 9 heteroatoms. The summed E-state index contributed by atoms with van der Waals surface area (Å²) < 4.78 is 21.7. The summed E-state index contributed by atoms with van der Waals surface area (Å²) in [5.41, 5.74) is 1.06. The maximum atomic E-state index is 12.5. The van der Waals surface area contributed by atoms with Crippen molar-refractivity contribution in [2.24, 2.45) is 0 Å². The van der Waals surface area contributed by atoms with Crippen molar-refractivity contribution in [3.05, 3.63) is 58.6 Å². The molecule has 1 fully saturated rings. The van der Waals surface area contributed by atoms with Crippen LogP contribution in [0.25, 0.3) is 0 Å². The number of carbonyl (C=O) groups excluding carboxylic acids is 1. The molecule has 0 amide bonds. The van der Waals surface area contributed by atoms with Crippen LogP contribution in [0, 0.1) is 0 Å². The molecule has 3 N–H and O–H groups in total. The third-order valence-corrected chi connectivity index (χ3v) is 5.30. The summed E-state index contributed by atoms with van der Waals surface area (Å²) in [6.07, 6.45) is -5.73. The fourth-order valence-electron chi connectivity index (χ4n) is 3.22. The van der Waals surface area contributed by atoms with Gasteiger partial charge in [-0.1, -0.05) is 41.9 Å². The largest absolute Gasteiger partial charge is 0.493 e. The van der Waals surface area contributed by atoms with Gasteiger partial charge in [0.1, 0.15) is 37.6 Å². The Bertz CT molecular complexity index is 891. The highest BCUT2D eigenvalue weighted by Crippen LogP contribution is 2.37. The molecule has 1 unspecified atom stereocenters. The van der Waals surface area contributed by atoms with E-state index in [1.165, 1.54) is 19.2 Å². The van der Waals surface area contributed by atoms with Crippen LogP contribution in [0.1, 0.15) is 22.8 Å². The standard InChI is InChI=1S/C22H25ClO8/c1-12-18(24)20(26)19(25)17(31-12)11-30-22(27)14-8-15(23)21(16(9-14)28-2)29-10-13-6-4-3-5-7-13/h3-9,12,17-20,24-26H,10-11H2,1-2H3/t12?,17-,18+,19-,20-/m1/s1. The molecule has 1 aliphatic heterocycles. The van der Waals surface area contributed by atoms with Crippen molar-refractivity contribution in [3.8, 4) is 11.5 Å². The van der Waals surface area contributed by atoms with Gasteiger partial charge in [-0.05, 0) is 24.6 Å². The normalized spacial score (nSPS) is 25.7. The van der Waals surface area contributed by atoms with Gasteiger partial charge in [0, 0.05) is 0 Å². The van der Waals surface area contributed by atoms with Crippen molar-refractivity contribution < 1.29 is 39.1 Å². The monoisotopic (exact) mass is 452 g/mol. The lowest BCUT2D eigenvalue weighted by Gasteiger charge is -2.38. The Morgan fingerprint density at radius 1 is 1.10 bits per heavy atom. The van der Waals surface area contributed by atoms with E-state index < -0.39 is 36.5 Å². The fraction of sp³-hybridized carbons (Fsp3) is 0.409. The molecule has 1 heterocycles. The third kappa shape index (κ3) is 5.47. The van der Waals surface area contributed by atoms with E-state index in [-0.39, 0.29) is 29.5 Å². The molecule has 0 saturated carbocycles. The van der Waals surface area contributed by atoms with Gasteiger partial charge in [0.05, 0.1) is 23.8 Å². The van der Waals surface area contributed by atoms with Crippen LogP contribution in [0.2, 0.25) is 5.02 Å². The van der Waals surface area contributed by atoms with Gasteiger partial charge in [-0.25, -0.2) is 4.79 Å². The molecular formula is C22H25ClO8. The zero-order chi connectivity index (χ0) is 22.5. The van der Waals surface area contributed by atoms with Crippen molar-refractivity contribution in [2.45, 2.75) is 44.1 Å². The van der Waals surface area contributed by atoms with Gasteiger partial charge >= 0.3 is 5.97 Å². The Hall–Kier alpha value is -2.36. The van der Waals surface area contributed by atoms with E-state index in [0.717, 1.165) is 5.56 Å². The number of aliphatic hydroxyl groups excluding tert-OH is 3. The maximum absolute atomic E-state index is 12.5. The smallest absolute Gasteiger partial charge is 0.338 e. The number of carbonyl (C=O) groups is 1. The average molecular weight is 453 g/mol. The third-order valence-electron chi connectivity index (χ3n) is 5.02. The molecule has 3 rings (SSSR count). The van der Waals surface area contributed by atoms with Gasteiger partial charge in [0.25, 0.3) is 0 Å². The Morgan fingerprint density at radius 2 is 1.81 bits per heavy atom. The molecule has 8 nitrogen and oxygen atoms in total. The minimum atomic E-state index is -1.40. The summed E-state index contributed by atoms with van der Waals surface area (Å²) in [5, 5.41) is 29.8. The number of rotatable bonds is 7. The molecule has 2 aromatic rings. The molecule has 1 saturated heterocycles. The number of hydrogen-bond acceptors (Lipinski definition) is 8. The highest BCUT2D eigenvalue weighted by molar-refractivity contribution is 6.32. The highest BCUT2D eigenvalue weighted by atomic mass is 35.5. The van der Waals surface area contributed by atoms with Crippen LogP contribution in [-0.2, 0) is 16.1 Å². The van der Waals surface area contributed by atoms with Crippen LogP contribution < -0.4 is 9.47 Å². The zero-order valence-corrected chi connectivity index (χ0v) is 17.9. The number of ether oxygens (including phenoxy) is 4. The Kier molecular flexibility index (Phi) is 7.74. The number of esters is 1. The molecule has 0 aromatic heterocycles. The summed E-state index contributed by atoms with van der Waals surface area (Å²) in [5.74, 6) is -0.170. The van der Waals surface area contributed by atoms with Crippen molar-refractivity contribution in [2.75, 3.05) is 13.7 Å². The molecule has 0 bridgehead atoms. The van der Waals surface area contributed by atoms with Crippen LogP contribution in [0.4, 0.5) is 0 Å². The van der Waals surface area contributed by atoms with Crippen LogP contribution in [0.15, 0.2) is 42.5 Å². The van der Waals surface area contributed by atoms with Gasteiger partial charge in [0.2, 0.25) is 0 Å². The number of hydrogen-bond donors (Lipinski definition) is 3. The van der Waals surface area contributed by atoms with E-state index in [4.69, 9.17) is 30.5 Å². The number of halogens is 1. The van der Waals surface area contributed by atoms with Gasteiger partial charge in [0.15, 0.2) is 11.5 Å². The van der Waals surface area contributed by atoms with Crippen molar-refractivity contribution in [1.82, 2.24) is 0 Å². The highest BCUT2D eigenvalue weighted by Gasteiger charge is 2.42. The lowest BCUT2D eigenvalue weighted by atomic mass is 9.96. The summed E-state index contributed by atoms with van der Waals surface area (Å²) in [4.78, 5) is 12.5. The number of benzene rings is 2. The molecule has 31 heavy (non-hydrogen) atoms. The summed E-state index contributed by atoms with van der Waals surface area (Å²) in [6.45, 7) is 1.50. The molecule has 5 atom stereocenters. The van der Waals surface area contributed by atoms with Crippen molar-refractivity contribution in [3.63, 3.8) is 0 Å². The predicted octanol–water partition coefficient (Wildman–Crippen LogP) is 1.95. The van der Waals surface area contributed by atoms with E-state index in [0.29, 0.717) is 5.75 Å². The van der Waals surface area contributed by atoms with E-state index in [9.17, 15) is 20.1 Å². The Morgan fingerprint density at radius 3 is 2.48 bits per heavy atom. The van der Waals surface area contributed by atoms with Crippen molar-refractivity contribution in [1.29, 1.82) is 0 Å². The Balaban J connectivity index is 1.66. The second-order valence-electron chi connectivity index (χ2n) is 7.21. The summed E-state index contributed by atoms with van der Waals surface area (Å²) in [6, 6.07) is 12.3. The second kappa shape index (κ2) is 10.3. The maximum Gasteiger partial charge on any atom is 0.338 e. The predicted molar refractivity (Wildman–Crippen MR) is 111 cm³/mol. The minimum Gasteiger partial charge on any atom is -0.493 e. The van der Waals surface area contributed by atoms with Crippen LogP contribution in [0.5, 0.6) is 11.5 Å². The van der Waals surface area contributed by atoms with Crippen molar-refractivity contribution >= 4 is 17.6 Å². The molecule has 168 valence electrons. The minimum absolute atomic E-state index is 0.118. The quantitative estimate of drug-likeness (QED) is 0.546. The first-order valence-electron chi connectivity index (χ1n) is 9.72. The number of methoxy groups -OCH3 is 1. The zero-order valence-electron chi connectivity index (χ0n) is 17.1. The second-order valence-corrected chi connectivity index (χ2v) is 7.62. The molecule has 1 aliphatic rings. The average Bonchev–Trinajstić information content (AvgIpc) is 2.78. The first-order chi connectivity index (χ1) is 14.8. The Labute approximate surface area is 184 Å². The van der Waals surface area contributed by atoms with Crippen LogP contribution >= 0.6 is 11.6 Å². The fourth-order valence-corrected chi connectivity index (χ4v) is 3.49. The lowest BCUT2D eigenvalue weighted by molar-refractivity contribution is -0.224. The molecule has 2 aromatic carbocycles. The van der Waals surface area contributed by atoms with E-state index in [2.05, 4.69) is 0 Å². The van der Waals surface area contributed by atoms with Gasteiger partial charge in [-0.2, -0.15) is 0 Å². The SMILES string of the molecule is COc1cc(C(=O)OC[C@H]2OC(C)[C@H](O)[C@@H](O)[C@@H]2O)cc(Cl)c1OCc1ccccc1. The van der Waals surface area contributed by atoms with Gasteiger partial charge < -0.3 is 34.3 Å². The van der Waals surface area contributed by atoms with Gasteiger partial charge in [-0.15, -0.1) is 0 Å². The first kappa shape index (κ1) is 23.3. The topological polar surface area (TPSA) is 115 Å². The van der Waals surface area contributed by atoms with Crippen LogP contribution in [0.3, 0.4) is 0 Å². The number of aliphatic hydroxyl groups is 3. The first-order valence-corrected chi connectivity index (χ1v) is 10.1. The molecule has 0 spiro atoms.